The Hall–Kier alpha value is -3.35. The molecule has 0 aromatic heterocycles. The predicted octanol–water partition coefficient (Wildman–Crippen LogP) is 5.04. The van der Waals surface area contributed by atoms with Crippen molar-refractivity contribution in [2.75, 3.05) is 20.2 Å². The number of benzene rings is 2. The number of nitrogens with one attached hydrogen (secondary N) is 1. The molecule has 0 saturated heterocycles. The molecule has 35 heavy (non-hydrogen) atoms. The minimum Gasteiger partial charge on any atom is -0.481 e. The van der Waals surface area contributed by atoms with E-state index in [1.807, 2.05) is 45.0 Å². The topological polar surface area (TPSA) is 95.9 Å². The van der Waals surface area contributed by atoms with Crippen LogP contribution in [0, 0.1) is 5.41 Å². The van der Waals surface area contributed by atoms with E-state index in [2.05, 4.69) is 29.6 Å². The lowest BCUT2D eigenvalue weighted by molar-refractivity contribution is -0.137. The van der Waals surface area contributed by atoms with Gasteiger partial charge >= 0.3 is 12.1 Å². The predicted molar refractivity (Wildman–Crippen MR) is 135 cm³/mol. The number of amides is 2. The highest BCUT2D eigenvalue weighted by atomic mass is 16.5. The highest BCUT2D eigenvalue weighted by Crippen LogP contribution is 2.44. The number of nitrogens with zero attached hydrogens (tertiary/aromatic N) is 1. The third-order valence-electron chi connectivity index (χ3n) is 6.62. The molecule has 1 atom stereocenters. The summed E-state index contributed by atoms with van der Waals surface area (Å²) in [5.41, 5.74) is 4.27. The highest BCUT2D eigenvalue weighted by molar-refractivity contribution is 5.79. The van der Waals surface area contributed by atoms with Gasteiger partial charge in [0, 0.05) is 38.4 Å². The molecule has 0 heterocycles. The van der Waals surface area contributed by atoms with Crippen LogP contribution in [-0.4, -0.2) is 54.2 Å². The van der Waals surface area contributed by atoms with Crippen LogP contribution in [0.4, 0.5) is 4.79 Å². The number of carbonyl (C=O) groups excluding carboxylic acids is 2. The van der Waals surface area contributed by atoms with E-state index >= 15 is 0 Å². The highest BCUT2D eigenvalue weighted by Gasteiger charge is 2.32. The van der Waals surface area contributed by atoms with Crippen LogP contribution < -0.4 is 5.32 Å². The quantitative estimate of drug-likeness (QED) is 0.464. The molecule has 0 radical (unpaired) electrons. The molecule has 7 nitrogen and oxygen atoms in total. The molecule has 2 aromatic rings. The lowest BCUT2D eigenvalue weighted by Gasteiger charge is -2.32. The SMILES string of the molecule is CN(CCCCC(=O)O)C(=O)CC(NC(=O)OCC1c2ccccc2-c2ccccc21)C(C)(C)C. The van der Waals surface area contributed by atoms with Crippen molar-refractivity contribution in [3.8, 4) is 11.1 Å². The van der Waals surface area contributed by atoms with Crippen molar-refractivity contribution in [1.29, 1.82) is 0 Å². The van der Waals surface area contributed by atoms with Crippen molar-refractivity contribution in [2.45, 2.75) is 58.4 Å². The molecule has 0 spiro atoms. The maximum absolute atomic E-state index is 12.8. The van der Waals surface area contributed by atoms with Crippen molar-refractivity contribution in [3.63, 3.8) is 0 Å². The van der Waals surface area contributed by atoms with Gasteiger partial charge in [-0.05, 0) is 40.5 Å². The average Bonchev–Trinajstić information content (AvgIpc) is 3.13. The minimum absolute atomic E-state index is 0.0280. The zero-order chi connectivity index (χ0) is 25.6. The Morgan fingerprint density at radius 3 is 2.11 bits per heavy atom. The van der Waals surface area contributed by atoms with Crippen LogP contribution >= 0.6 is 0 Å². The van der Waals surface area contributed by atoms with E-state index in [9.17, 15) is 14.4 Å². The van der Waals surface area contributed by atoms with Gasteiger partial charge in [0.2, 0.25) is 5.91 Å². The van der Waals surface area contributed by atoms with E-state index in [4.69, 9.17) is 9.84 Å². The maximum Gasteiger partial charge on any atom is 0.407 e. The summed E-state index contributed by atoms with van der Waals surface area (Å²) in [7, 11) is 1.70. The monoisotopic (exact) mass is 480 g/mol. The van der Waals surface area contributed by atoms with Crippen molar-refractivity contribution in [1.82, 2.24) is 10.2 Å². The molecule has 1 aliphatic carbocycles. The molecule has 1 unspecified atom stereocenters. The molecule has 0 fully saturated rings. The summed E-state index contributed by atoms with van der Waals surface area (Å²) in [6.07, 6.45) is 0.838. The molecule has 2 aromatic carbocycles. The molecule has 2 N–H and O–H groups in total. The summed E-state index contributed by atoms with van der Waals surface area (Å²) in [4.78, 5) is 37.8. The number of carbonyl (C=O) groups is 3. The zero-order valence-corrected chi connectivity index (χ0v) is 21.0. The summed E-state index contributed by atoms with van der Waals surface area (Å²) in [6, 6.07) is 15.9. The number of alkyl carbamates (subject to hydrolysis) is 1. The first-order valence-corrected chi connectivity index (χ1v) is 12.1. The summed E-state index contributed by atoms with van der Waals surface area (Å²) < 4.78 is 5.68. The lowest BCUT2D eigenvalue weighted by atomic mass is 9.84. The third kappa shape index (κ3) is 6.84. The van der Waals surface area contributed by atoms with Crippen LogP contribution in [-0.2, 0) is 14.3 Å². The molecule has 0 aliphatic heterocycles. The summed E-state index contributed by atoms with van der Waals surface area (Å²) >= 11 is 0. The molecule has 188 valence electrons. The van der Waals surface area contributed by atoms with Gasteiger partial charge in [-0.15, -0.1) is 0 Å². The van der Waals surface area contributed by atoms with Crippen LogP contribution in [0.1, 0.15) is 63.5 Å². The molecule has 2 amide bonds. The first kappa shape index (κ1) is 26.3. The average molecular weight is 481 g/mol. The number of unbranched alkanes of at least 4 members (excludes halogenated alkanes) is 1. The number of hydrogen-bond acceptors (Lipinski definition) is 4. The third-order valence-corrected chi connectivity index (χ3v) is 6.62. The standard InChI is InChI=1S/C28H36N2O5/c1-28(2,3)24(17-25(31)30(4)16-10-9-15-26(32)33)29-27(34)35-18-23-21-13-7-5-11-19(21)20-12-6-8-14-22(20)23/h5-8,11-14,23-24H,9-10,15-18H2,1-4H3,(H,29,34)(H,32,33). The number of carboxylic acid groups (broad SMARTS) is 1. The Kier molecular flexibility index (Phi) is 8.54. The van der Waals surface area contributed by atoms with E-state index in [1.54, 1.807) is 11.9 Å². The fourth-order valence-corrected chi connectivity index (χ4v) is 4.44. The summed E-state index contributed by atoms with van der Waals surface area (Å²) in [5.74, 6) is -0.960. The van der Waals surface area contributed by atoms with E-state index in [1.165, 1.54) is 11.1 Å². The second-order valence-corrected chi connectivity index (χ2v) is 10.3. The Bertz CT molecular complexity index is 1010. The molecule has 7 heteroatoms. The number of hydrogen-bond donors (Lipinski definition) is 2. The lowest BCUT2D eigenvalue weighted by Crippen LogP contribution is -2.47. The van der Waals surface area contributed by atoms with E-state index in [0.29, 0.717) is 19.4 Å². The van der Waals surface area contributed by atoms with E-state index in [0.717, 1.165) is 11.1 Å². The van der Waals surface area contributed by atoms with Gasteiger partial charge in [-0.25, -0.2) is 4.79 Å². The molecule has 0 bridgehead atoms. The van der Waals surface area contributed by atoms with Crippen molar-refractivity contribution in [3.05, 3.63) is 59.7 Å². The molecular weight excluding hydrogens is 444 g/mol. The molecule has 0 saturated carbocycles. The molecule has 3 rings (SSSR count). The van der Waals surface area contributed by atoms with Crippen LogP contribution in [0.5, 0.6) is 0 Å². The second kappa shape index (κ2) is 11.4. The summed E-state index contributed by atoms with van der Waals surface area (Å²) in [6.45, 7) is 6.62. The van der Waals surface area contributed by atoms with Crippen molar-refractivity contribution in [2.24, 2.45) is 5.41 Å². The van der Waals surface area contributed by atoms with Gasteiger partial charge in [0.05, 0.1) is 0 Å². The number of fused-ring (bicyclic) bond motifs is 3. The summed E-state index contributed by atoms with van der Waals surface area (Å²) in [5, 5.41) is 11.7. The van der Waals surface area contributed by atoms with E-state index in [-0.39, 0.29) is 36.7 Å². The number of carboxylic acids is 1. The van der Waals surface area contributed by atoms with E-state index < -0.39 is 18.1 Å². The maximum atomic E-state index is 12.8. The number of ether oxygens (including phenoxy) is 1. The first-order valence-electron chi connectivity index (χ1n) is 12.1. The van der Waals surface area contributed by atoms with Gasteiger partial charge in [-0.3, -0.25) is 9.59 Å². The number of rotatable bonds is 10. The second-order valence-electron chi connectivity index (χ2n) is 10.3. The zero-order valence-electron chi connectivity index (χ0n) is 21.0. The first-order chi connectivity index (χ1) is 16.6. The van der Waals surface area contributed by atoms with Crippen molar-refractivity contribution < 1.29 is 24.2 Å². The molecular formula is C28H36N2O5. The number of aliphatic carboxylic acids is 1. The van der Waals surface area contributed by atoms with Gasteiger partial charge in [-0.1, -0.05) is 69.3 Å². The van der Waals surface area contributed by atoms with Gasteiger partial charge in [0.1, 0.15) is 6.61 Å². The largest absolute Gasteiger partial charge is 0.481 e. The van der Waals surface area contributed by atoms with Crippen molar-refractivity contribution >= 4 is 18.0 Å². The Morgan fingerprint density at radius 1 is 1.00 bits per heavy atom. The van der Waals surface area contributed by atoms with Gasteiger partial charge in [-0.2, -0.15) is 0 Å². The molecule has 1 aliphatic rings. The fourth-order valence-electron chi connectivity index (χ4n) is 4.44. The Morgan fingerprint density at radius 2 is 1.57 bits per heavy atom. The smallest absolute Gasteiger partial charge is 0.407 e. The Labute approximate surface area is 207 Å². The van der Waals surface area contributed by atoms with Crippen LogP contribution in [0.2, 0.25) is 0 Å². The normalized spacial score (nSPS) is 13.5. The van der Waals surface area contributed by atoms with Crippen LogP contribution in [0.3, 0.4) is 0 Å². The Balaban J connectivity index is 1.58. The minimum atomic E-state index is -0.834. The van der Waals surface area contributed by atoms with Gasteiger partial charge in [0.25, 0.3) is 0 Å². The van der Waals surface area contributed by atoms with Gasteiger partial charge in [0.15, 0.2) is 0 Å². The van der Waals surface area contributed by atoms with Crippen LogP contribution in [0.25, 0.3) is 11.1 Å². The van der Waals surface area contributed by atoms with Gasteiger partial charge < -0.3 is 20.1 Å². The van der Waals surface area contributed by atoms with Crippen LogP contribution in [0.15, 0.2) is 48.5 Å². The fraction of sp³-hybridized carbons (Fsp3) is 0.464.